The first-order chi connectivity index (χ1) is 10.3. The summed E-state index contributed by atoms with van der Waals surface area (Å²) in [6.07, 6.45) is 22.6. The molecule has 0 atom stereocenters. The molecule has 0 bridgehead atoms. The maximum absolute atomic E-state index is 5.93. The fourth-order valence-corrected chi connectivity index (χ4v) is 3.16. The molecule has 0 unspecified atom stereocenters. The molecular formula is C20H43N. The first-order valence-electron chi connectivity index (χ1n) is 10.0. The van der Waals surface area contributed by atoms with Crippen LogP contribution in [-0.4, -0.2) is 6.54 Å². The Labute approximate surface area is 135 Å². The summed E-state index contributed by atoms with van der Waals surface area (Å²) in [7, 11) is 0. The van der Waals surface area contributed by atoms with Crippen LogP contribution in [0.15, 0.2) is 0 Å². The van der Waals surface area contributed by atoms with E-state index < -0.39 is 0 Å². The van der Waals surface area contributed by atoms with E-state index in [-0.39, 0.29) is 0 Å². The second-order valence-corrected chi connectivity index (χ2v) is 6.92. The summed E-state index contributed by atoms with van der Waals surface area (Å²) < 4.78 is 0. The van der Waals surface area contributed by atoms with Gasteiger partial charge in [0.25, 0.3) is 0 Å². The maximum Gasteiger partial charge on any atom is -0.00489 e. The topological polar surface area (TPSA) is 26.0 Å². The second kappa shape index (κ2) is 18.0. The standard InChI is InChI=1S/C20H43N/c1-3-5-7-9-11-13-15-17-20(19-21)18-16-14-12-10-8-6-4-2/h20H,3-19,21H2,1-2H3. The van der Waals surface area contributed by atoms with Gasteiger partial charge in [0.1, 0.15) is 0 Å². The van der Waals surface area contributed by atoms with E-state index in [2.05, 4.69) is 13.8 Å². The highest BCUT2D eigenvalue weighted by atomic mass is 14.5. The molecule has 0 aromatic heterocycles. The molecule has 0 saturated carbocycles. The molecule has 0 aromatic carbocycles. The molecule has 0 heterocycles. The molecule has 1 heteroatoms. The molecule has 0 aliphatic rings. The van der Waals surface area contributed by atoms with Crippen LogP contribution in [0.2, 0.25) is 0 Å². The average molecular weight is 298 g/mol. The van der Waals surface area contributed by atoms with Crippen molar-refractivity contribution in [3.63, 3.8) is 0 Å². The lowest BCUT2D eigenvalue weighted by Crippen LogP contribution is -2.14. The monoisotopic (exact) mass is 297 g/mol. The molecule has 0 radical (unpaired) electrons. The Morgan fingerprint density at radius 1 is 0.524 bits per heavy atom. The largest absolute Gasteiger partial charge is 0.330 e. The van der Waals surface area contributed by atoms with Crippen LogP contribution in [-0.2, 0) is 0 Å². The van der Waals surface area contributed by atoms with E-state index in [0.717, 1.165) is 12.5 Å². The molecule has 2 N–H and O–H groups in total. The molecule has 0 aromatic rings. The third-order valence-corrected chi connectivity index (χ3v) is 4.77. The van der Waals surface area contributed by atoms with Gasteiger partial charge in [0, 0.05) is 0 Å². The Morgan fingerprint density at radius 2 is 0.857 bits per heavy atom. The van der Waals surface area contributed by atoms with Crippen molar-refractivity contribution in [1.29, 1.82) is 0 Å². The van der Waals surface area contributed by atoms with Crippen LogP contribution in [0.5, 0.6) is 0 Å². The smallest absolute Gasteiger partial charge is 0.00489 e. The highest BCUT2D eigenvalue weighted by Crippen LogP contribution is 2.18. The van der Waals surface area contributed by atoms with Crippen molar-refractivity contribution < 1.29 is 0 Å². The number of unbranched alkanes of at least 4 members (excludes halogenated alkanes) is 12. The molecule has 0 amide bonds. The minimum absolute atomic E-state index is 0.802. The fraction of sp³-hybridized carbons (Fsp3) is 1.00. The van der Waals surface area contributed by atoms with Crippen LogP contribution in [0.1, 0.15) is 117 Å². The Hall–Kier alpha value is -0.0400. The van der Waals surface area contributed by atoms with Crippen molar-refractivity contribution in [2.75, 3.05) is 6.54 Å². The van der Waals surface area contributed by atoms with Crippen molar-refractivity contribution in [1.82, 2.24) is 0 Å². The van der Waals surface area contributed by atoms with Gasteiger partial charge in [0.15, 0.2) is 0 Å². The molecule has 1 nitrogen and oxygen atoms in total. The predicted octanol–water partition coefficient (Wildman–Crippen LogP) is 6.84. The summed E-state index contributed by atoms with van der Waals surface area (Å²) in [5.41, 5.74) is 5.93. The lowest BCUT2D eigenvalue weighted by molar-refractivity contribution is 0.410. The summed E-state index contributed by atoms with van der Waals surface area (Å²) in [6.45, 7) is 5.48. The molecule has 0 aliphatic carbocycles. The summed E-state index contributed by atoms with van der Waals surface area (Å²) in [5, 5.41) is 0. The second-order valence-electron chi connectivity index (χ2n) is 6.92. The van der Waals surface area contributed by atoms with E-state index in [4.69, 9.17) is 5.73 Å². The van der Waals surface area contributed by atoms with Gasteiger partial charge in [-0.05, 0) is 25.3 Å². The Bertz CT molecular complexity index is 161. The summed E-state index contributed by atoms with van der Waals surface area (Å²) in [5.74, 6) is 0.802. The third kappa shape index (κ3) is 16.2. The van der Waals surface area contributed by atoms with E-state index in [9.17, 15) is 0 Å². The zero-order valence-corrected chi connectivity index (χ0v) is 15.2. The van der Waals surface area contributed by atoms with Crippen molar-refractivity contribution in [3.05, 3.63) is 0 Å². The molecule has 0 aliphatic heterocycles. The quantitative estimate of drug-likeness (QED) is 0.292. The van der Waals surface area contributed by atoms with Crippen molar-refractivity contribution >= 4 is 0 Å². The summed E-state index contributed by atoms with van der Waals surface area (Å²) in [4.78, 5) is 0. The molecule has 0 rings (SSSR count). The Morgan fingerprint density at radius 3 is 1.19 bits per heavy atom. The van der Waals surface area contributed by atoms with Gasteiger partial charge in [-0.15, -0.1) is 0 Å². The van der Waals surface area contributed by atoms with Crippen LogP contribution in [0.25, 0.3) is 0 Å². The van der Waals surface area contributed by atoms with Crippen molar-refractivity contribution in [3.8, 4) is 0 Å². The summed E-state index contributed by atoms with van der Waals surface area (Å²) >= 11 is 0. The van der Waals surface area contributed by atoms with Crippen molar-refractivity contribution in [2.24, 2.45) is 11.7 Å². The number of hydrogen-bond donors (Lipinski definition) is 1. The molecule has 21 heavy (non-hydrogen) atoms. The first kappa shape index (κ1) is 21.0. The van der Waals surface area contributed by atoms with E-state index in [0.29, 0.717) is 0 Å². The molecule has 0 spiro atoms. The molecular weight excluding hydrogens is 254 g/mol. The SMILES string of the molecule is CCCCCCCCCC(CN)CCCCCCCCC. The third-order valence-electron chi connectivity index (χ3n) is 4.77. The number of rotatable bonds is 17. The fourth-order valence-electron chi connectivity index (χ4n) is 3.16. The van der Waals surface area contributed by atoms with Gasteiger partial charge in [-0.25, -0.2) is 0 Å². The van der Waals surface area contributed by atoms with E-state index in [1.807, 2.05) is 0 Å². The lowest BCUT2D eigenvalue weighted by Gasteiger charge is -2.14. The number of nitrogens with two attached hydrogens (primary N) is 1. The van der Waals surface area contributed by atoms with Crippen molar-refractivity contribution in [2.45, 2.75) is 117 Å². The van der Waals surface area contributed by atoms with Crippen LogP contribution >= 0.6 is 0 Å². The van der Waals surface area contributed by atoms with E-state index >= 15 is 0 Å². The van der Waals surface area contributed by atoms with Crippen LogP contribution in [0.4, 0.5) is 0 Å². The normalized spacial score (nSPS) is 11.4. The van der Waals surface area contributed by atoms with Crippen LogP contribution in [0, 0.1) is 5.92 Å². The molecule has 0 fully saturated rings. The molecule has 128 valence electrons. The summed E-state index contributed by atoms with van der Waals surface area (Å²) in [6, 6.07) is 0. The van der Waals surface area contributed by atoms with Crippen LogP contribution < -0.4 is 5.73 Å². The highest BCUT2D eigenvalue weighted by molar-refractivity contribution is 4.61. The predicted molar refractivity (Wildman–Crippen MR) is 97.8 cm³/mol. The first-order valence-corrected chi connectivity index (χ1v) is 10.0. The van der Waals surface area contributed by atoms with Crippen LogP contribution in [0.3, 0.4) is 0 Å². The van der Waals surface area contributed by atoms with E-state index in [1.165, 1.54) is 103 Å². The lowest BCUT2D eigenvalue weighted by atomic mass is 9.94. The minimum atomic E-state index is 0.802. The van der Waals surface area contributed by atoms with Gasteiger partial charge in [0.05, 0.1) is 0 Å². The number of hydrogen-bond acceptors (Lipinski definition) is 1. The molecule has 0 saturated heterocycles. The zero-order chi connectivity index (χ0) is 15.6. The van der Waals surface area contributed by atoms with Gasteiger partial charge in [-0.3, -0.25) is 0 Å². The van der Waals surface area contributed by atoms with Gasteiger partial charge in [-0.1, -0.05) is 104 Å². The highest BCUT2D eigenvalue weighted by Gasteiger charge is 2.06. The minimum Gasteiger partial charge on any atom is -0.330 e. The average Bonchev–Trinajstić information content (AvgIpc) is 2.51. The van der Waals surface area contributed by atoms with E-state index in [1.54, 1.807) is 0 Å². The van der Waals surface area contributed by atoms with Gasteiger partial charge < -0.3 is 5.73 Å². The van der Waals surface area contributed by atoms with Gasteiger partial charge in [0.2, 0.25) is 0 Å². The maximum atomic E-state index is 5.93. The Kier molecular flexibility index (Phi) is 18.0. The van der Waals surface area contributed by atoms with Gasteiger partial charge >= 0.3 is 0 Å². The van der Waals surface area contributed by atoms with Gasteiger partial charge in [-0.2, -0.15) is 0 Å². The Balaban J connectivity index is 3.29. The zero-order valence-electron chi connectivity index (χ0n) is 15.2.